The second kappa shape index (κ2) is 6.30. The van der Waals surface area contributed by atoms with Gasteiger partial charge in [0.2, 0.25) is 5.91 Å². The first-order valence-corrected chi connectivity index (χ1v) is 5.85. The van der Waals surface area contributed by atoms with E-state index in [-0.39, 0.29) is 11.8 Å². The second-order valence-corrected chi connectivity index (χ2v) is 4.28. The molecule has 94 valence electrons. The number of aromatic nitrogens is 2. The van der Waals surface area contributed by atoms with Crippen LogP contribution in [0.4, 0.5) is 0 Å². The zero-order valence-corrected chi connectivity index (χ0v) is 10.6. The molecule has 1 amide bonds. The van der Waals surface area contributed by atoms with Crippen molar-refractivity contribution in [3.8, 4) is 0 Å². The van der Waals surface area contributed by atoms with Crippen LogP contribution in [0.3, 0.4) is 0 Å². The monoisotopic (exact) mass is 236 g/mol. The molecular weight excluding hydrogens is 216 g/mol. The summed E-state index contributed by atoms with van der Waals surface area (Å²) in [6.07, 6.45) is 4.22. The maximum absolute atomic E-state index is 11.7. The lowest BCUT2D eigenvalue weighted by Crippen LogP contribution is -2.44. The largest absolute Gasteiger partial charge is 0.349 e. The highest BCUT2D eigenvalue weighted by Gasteiger charge is 2.18. The lowest BCUT2D eigenvalue weighted by Gasteiger charge is -2.17. The van der Waals surface area contributed by atoms with Crippen molar-refractivity contribution in [1.29, 1.82) is 0 Å². The minimum absolute atomic E-state index is 0.137. The van der Waals surface area contributed by atoms with Crippen molar-refractivity contribution in [2.75, 3.05) is 0 Å². The molecule has 0 radical (unpaired) electrons. The summed E-state index contributed by atoms with van der Waals surface area (Å²) in [6, 6.07) is -0.460. The summed E-state index contributed by atoms with van der Waals surface area (Å²) in [6.45, 7) is 6.23. The summed E-state index contributed by atoms with van der Waals surface area (Å²) in [5.74, 6) is 0.0424. The van der Waals surface area contributed by atoms with Crippen molar-refractivity contribution in [3.63, 3.8) is 0 Å². The SMILES string of the molecule is CCC(C)[C@H](N)C(=O)NCc1cnc(C)cn1. The number of hydrogen-bond donors (Lipinski definition) is 2. The molecule has 0 aliphatic carbocycles. The van der Waals surface area contributed by atoms with Gasteiger partial charge in [-0.05, 0) is 12.8 Å². The zero-order valence-electron chi connectivity index (χ0n) is 10.6. The molecule has 0 aromatic carbocycles. The lowest BCUT2D eigenvalue weighted by molar-refractivity contribution is -0.123. The van der Waals surface area contributed by atoms with Gasteiger partial charge in [-0.2, -0.15) is 0 Å². The van der Waals surface area contributed by atoms with Crippen molar-refractivity contribution < 1.29 is 4.79 Å². The van der Waals surface area contributed by atoms with Crippen molar-refractivity contribution in [1.82, 2.24) is 15.3 Å². The quantitative estimate of drug-likeness (QED) is 0.791. The predicted molar refractivity (Wildman–Crippen MR) is 66.0 cm³/mol. The van der Waals surface area contributed by atoms with Crippen LogP contribution >= 0.6 is 0 Å². The summed E-state index contributed by atoms with van der Waals surface area (Å²) >= 11 is 0. The molecular formula is C12H20N4O. The molecule has 1 rings (SSSR count). The van der Waals surface area contributed by atoms with E-state index < -0.39 is 6.04 Å². The maximum atomic E-state index is 11.7. The van der Waals surface area contributed by atoms with Crippen molar-refractivity contribution in [2.45, 2.75) is 39.8 Å². The van der Waals surface area contributed by atoms with Crippen molar-refractivity contribution in [3.05, 3.63) is 23.8 Å². The van der Waals surface area contributed by atoms with Gasteiger partial charge in [0, 0.05) is 6.20 Å². The summed E-state index contributed by atoms with van der Waals surface area (Å²) in [5, 5.41) is 2.77. The van der Waals surface area contributed by atoms with Crippen LogP contribution in [0.1, 0.15) is 31.7 Å². The summed E-state index contributed by atoms with van der Waals surface area (Å²) in [4.78, 5) is 20.0. The van der Waals surface area contributed by atoms with Crippen molar-refractivity contribution in [2.24, 2.45) is 11.7 Å². The standard InChI is InChI=1S/C12H20N4O/c1-4-8(2)11(13)12(17)16-7-10-6-14-9(3)5-15-10/h5-6,8,11H,4,7,13H2,1-3H3,(H,16,17)/t8?,11-/m0/s1. The number of carbonyl (C=O) groups excluding carboxylic acids is 1. The van der Waals surface area contributed by atoms with Gasteiger partial charge >= 0.3 is 0 Å². The van der Waals surface area contributed by atoms with Crippen LogP contribution < -0.4 is 11.1 Å². The highest BCUT2D eigenvalue weighted by Crippen LogP contribution is 2.05. The first-order chi connectivity index (χ1) is 8.04. The molecule has 1 unspecified atom stereocenters. The van der Waals surface area contributed by atoms with Gasteiger partial charge in [0.25, 0.3) is 0 Å². The molecule has 3 N–H and O–H groups in total. The molecule has 0 fully saturated rings. The molecule has 0 saturated carbocycles. The van der Waals surface area contributed by atoms with E-state index in [0.717, 1.165) is 17.8 Å². The van der Waals surface area contributed by atoms with Gasteiger partial charge < -0.3 is 11.1 Å². The lowest BCUT2D eigenvalue weighted by atomic mass is 9.99. The summed E-state index contributed by atoms with van der Waals surface area (Å²) < 4.78 is 0. The summed E-state index contributed by atoms with van der Waals surface area (Å²) in [7, 11) is 0. The third kappa shape index (κ3) is 4.11. The maximum Gasteiger partial charge on any atom is 0.237 e. The highest BCUT2D eigenvalue weighted by molar-refractivity contribution is 5.81. The first-order valence-electron chi connectivity index (χ1n) is 5.85. The Morgan fingerprint density at radius 1 is 1.47 bits per heavy atom. The minimum atomic E-state index is -0.460. The van der Waals surface area contributed by atoms with Gasteiger partial charge in [-0.3, -0.25) is 14.8 Å². The van der Waals surface area contributed by atoms with E-state index in [1.165, 1.54) is 0 Å². The fourth-order valence-electron chi connectivity index (χ4n) is 1.32. The van der Waals surface area contributed by atoms with E-state index in [2.05, 4.69) is 15.3 Å². The van der Waals surface area contributed by atoms with Crippen LogP contribution in [0.2, 0.25) is 0 Å². The van der Waals surface area contributed by atoms with Crippen molar-refractivity contribution >= 4 is 5.91 Å². The van der Waals surface area contributed by atoms with E-state index in [9.17, 15) is 4.79 Å². The molecule has 1 heterocycles. The molecule has 0 aliphatic rings. The van der Waals surface area contributed by atoms with Gasteiger partial charge in [0.05, 0.1) is 30.2 Å². The van der Waals surface area contributed by atoms with E-state index >= 15 is 0 Å². The Morgan fingerprint density at radius 3 is 2.71 bits per heavy atom. The Bertz CT molecular complexity index is 363. The second-order valence-electron chi connectivity index (χ2n) is 4.28. The highest BCUT2D eigenvalue weighted by atomic mass is 16.2. The fraction of sp³-hybridized carbons (Fsp3) is 0.583. The third-order valence-electron chi connectivity index (χ3n) is 2.84. The van der Waals surface area contributed by atoms with E-state index in [4.69, 9.17) is 5.73 Å². The van der Waals surface area contributed by atoms with Gasteiger partial charge in [-0.25, -0.2) is 0 Å². The van der Waals surface area contributed by atoms with E-state index in [0.29, 0.717) is 6.54 Å². The number of nitrogens with two attached hydrogens (primary N) is 1. The number of aryl methyl sites for hydroxylation is 1. The van der Waals surface area contributed by atoms with Crippen LogP contribution in [0, 0.1) is 12.8 Å². The third-order valence-corrected chi connectivity index (χ3v) is 2.84. The van der Waals surface area contributed by atoms with Crippen LogP contribution in [0.5, 0.6) is 0 Å². The predicted octanol–water partition coefficient (Wildman–Crippen LogP) is 0.775. The van der Waals surface area contributed by atoms with Crippen LogP contribution in [0.15, 0.2) is 12.4 Å². The summed E-state index contributed by atoms with van der Waals surface area (Å²) in [5.41, 5.74) is 7.41. The number of carbonyl (C=O) groups is 1. The molecule has 5 nitrogen and oxygen atoms in total. The molecule has 0 spiro atoms. The van der Waals surface area contributed by atoms with Crippen LogP contribution in [-0.4, -0.2) is 21.9 Å². The fourth-order valence-corrected chi connectivity index (χ4v) is 1.32. The topological polar surface area (TPSA) is 80.9 Å². The molecule has 5 heteroatoms. The average molecular weight is 236 g/mol. The molecule has 0 aliphatic heterocycles. The van der Waals surface area contributed by atoms with E-state index in [1.807, 2.05) is 20.8 Å². The Labute approximate surface area is 102 Å². The van der Waals surface area contributed by atoms with Gasteiger partial charge in [-0.15, -0.1) is 0 Å². The van der Waals surface area contributed by atoms with Gasteiger partial charge in [0.1, 0.15) is 0 Å². The molecule has 1 aromatic rings. The van der Waals surface area contributed by atoms with E-state index in [1.54, 1.807) is 12.4 Å². The average Bonchev–Trinajstić information content (AvgIpc) is 2.35. The van der Waals surface area contributed by atoms with Crippen LogP contribution in [0.25, 0.3) is 0 Å². The van der Waals surface area contributed by atoms with Gasteiger partial charge in [-0.1, -0.05) is 20.3 Å². The number of nitrogens with one attached hydrogen (secondary N) is 1. The number of hydrogen-bond acceptors (Lipinski definition) is 4. The minimum Gasteiger partial charge on any atom is -0.349 e. The molecule has 0 saturated heterocycles. The molecule has 0 bridgehead atoms. The normalized spacial score (nSPS) is 14.1. The zero-order chi connectivity index (χ0) is 12.8. The number of rotatable bonds is 5. The van der Waals surface area contributed by atoms with Gasteiger partial charge in [0.15, 0.2) is 0 Å². The Kier molecular flexibility index (Phi) is 5.03. The number of nitrogens with zero attached hydrogens (tertiary/aromatic N) is 2. The molecule has 1 aromatic heterocycles. The Hall–Kier alpha value is -1.49. The Balaban J connectivity index is 2.45. The Morgan fingerprint density at radius 2 is 2.18 bits per heavy atom. The molecule has 2 atom stereocenters. The smallest absolute Gasteiger partial charge is 0.237 e. The molecule has 17 heavy (non-hydrogen) atoms. The number of amides is 1. The first kappa shape index (κ1) is 13.6. The van der Waals surface area contributed by atoms with Crippen LogP contribution in [-0.2, 0) is 11.3 Å².